The van der Waals surface area contributed by atoms with E-state index >= 15 is 0 Å². The average Bonchev–Trinajstić information content (AvgIpc) is 2.70. The number of benzene rings is 2. The number of methoxy groups -OCH3 is 2. The van der Waals surface area contributed by atoms with E-state index in [1.54, 1.807) is 20.4 Å². The standard InChI is InChI=1S/C21H23BrN2O4/c1-5-9-28-21-17(22)10-16(12-20(21)27-6-2)14-24-23-13-15-7-8-18(25-3)19(11-15)26-4/h1,7-8,10-12,14,23H,6,9,13H2,2-4H3/b24-14-. The highest BCUT2D eigenvalue weighted by molar-refractivity contribution is 9.10. The van der Waals surface area contributed by atoms with E-state index in [4.69, 9.17) is 25.4 Å². The normalized spacial score (nSPS) is 10.4. The van der Waals surface area contributed by atoms with Crippen LogP contribution in [-0.2, 0) is 6.54 Å². The van der Waals surface area contributed by atoms with E-state index in [0.717, 1.165) is 15.6 Å². The summed E-state index contributed by atoms with van der Waals surface area (Å²) < 4.78 is 22.5. The van der Waals surface area contributed by atoms with Crippen LogP contribution in [0, 0.1) is 12.3 Å². The molecule has 0 aromatic heterocycles. The Hall–Kier alpha value is -2.85. The third-order valence-corrected chi connectivity index (χ3v) is 4.26. The van der Waals surface area contributed by atoms with Crippen LogP contribution in [0.15, 0.2) is 39.9 Å². The second-order valence-corrected chi connectivity index (χ2v) is 6.39. The van der Waals surface area contributed by atoms with Gasteiger partial charge in [0.15, 0.2) is 23.0 Å². The number of halogens is 1. The minimum atomic E-state index is 0.166. The molecular weight excluding hydrogens is 424 g/mol. The van der Waals surface area contributed by atoms with Crippen LogP contribution in [0.4, 0.5) is 0 Å². The molecule has 2 rings (SSSR count). The molecule has 0 aliphatic rings. The summed E-state index contributed by atoms with van der Waals surface area (Å²) >= 11 is 3.49. The molecule has 0 spiro atoms. The molecule has 2 aromatic rings. The smallest absolute Gasteiger partial charge is 0.176 e. The summed E-state index contributed by atoms with van der Waals surface area (Å²) in [6.45, 7) is 3.13. The fourth-order valence-corrected chi connectivity index (χ4v) is 3.00. The highest BCUT2D eigenvalue weighted by Gasteiger charge is 2.11. The first-order valence-electron chi connectivity index (χ1n) is 8.62. The summed E-state index contributed by atoms with van der Waals surface area (Å²) in [7, 11) is 3.22. The predicted molar refractivity (Wildman–Crippen MR) is 114 cm³/mol. The summed E-state index contributed by atoms with van der Waals surface area (Å²) in [5.41, 5.74) is 4.89. The quantitative estimate of drug-likeness (QED) is 0.339. The Morgan fingerprint density at radius 2 is 1.89 bits per heavy atom. The van der Waals surface area contributed by atoms with Crippen LogP contribution in [-0.4, -0.2) is 33.6 Å². The Labute approximate surface area is 174 Å². The van der Waals surface area contributed by atoms with Crippen molar-refractivity contribution in [3.8, 4) is 35.3 Å². The number of hydrazone groups is 1. The highest BCUT2D eigenvalue weighted by atomic mass is 79.9. The van der Waals surface area contributed by atoms with Crippen LogP contribution in [0.1, 0.15) is 18.1 Å². The van der Waals surface area contributed by atoms with E-state index in [1.807, 2.05) is 37.3 Å². The van der Waals surface area contributed by atoms with Crippen molar-refractivity contribution < 1.29 is 18.9 Å². The van der Waals surface area contributed by atoms with E-state index in [0.29, 0.717) is 36.1 Å². The van der Waals surface area contributed by atoms with Gasteiger partial charge in [-0.25, -0.2) is 0 Å². The van der Waals surface area contributed by atoms with E-state index in [2.05, 4.69) is 32.4 Å². The first kappa shape index (κ1) is 21.5. The Balaban J connectivity index is 2.06. The molecule has 1 N–H and O–H groups in total. The maximum atomic E-state index is 5.65. The molecule has 0 bridgehead atoms. The Morgan fingerprint density at radius 1 is 1.11 bits per heavy atom. The third-order valence-electron chi connectivity index (χ3n) is 3.67. The number of ether oxygens (including phenoxy) is 4. The number of hydrogen-bond acceptors (Lipinski definition) is 6. The Morgan fingerprint density at radius 3 is 2.57 bits per heavy atom. The number of terminal acetylenes is 1. The van der Waals surface area contributed by atoms with Gasteiger partial charge in [0.25, 0.3) is 0 Å². The number of nitrogens with zero attached hydrogens (tertiary/aromatic N) is 1. The van der Waals surface area contributed by atoms with Gasteiger partial charge in [0, 0.05) is 0 Å². The highest BCUT2D eigenvalue weighted by Crippen LogP contribution is 2.36. The van der Waals surface area contributed by atoms with E-state index in [9.17, 15) is 0 Å². The second-order valence-electron chi connectivity index (χ2n) is 5.54. The summed E-state index contributed by atoms with van der Waals surface area (Å²) in [6, 6.07) is 9.45. The largest absolute Gasteiger partial charge is 0.493 e. The third kappa shape index (κ3) is 5.83. The molecule has 0 saturated carbocycles. The summed E-state index contributed by atoms with van der Waals surface area (Å²) in [5, 5.41) is 4.27. The zero-order chi connectivity index (χ0) is 20.4. The molecule has 7 heteroatoms. The van der Waals surface area contributed by atoms with Crippen LogP contribution < -0.4 is 24.4 Å². The summed E-state index contributed by atoms with van der Waals surface area (Å²) in [5.74, 6) is 5.00. The lowest BCUT2D eigenvalue weighted by atomic mass is 10.2. The van der Waals surface area contributed by atoms with Crippen molar-refractivity contribution in [3.05, 3.63) is 45.9 Å². The van der Waals surface area contributed by atoms with Crippen LogP contribution in [0.2, 0.25) is 0 Å². The maximum absolute atomic E-state index is 5.65. The Kier molecular flexibility index (Phi) is 8.50. The van der Waals surface area contributed by atoms with E-state index < -0.39 is 0 Å². The van der Waals surface area contributed by atoms with Gasteiger partial charge in [0.2, 0.25) is 0 Å². The molecule has 2 aromatic carbocycles. The Bertz CT molecular complexity index is 862. The molecule has 0 aliphatic heterocycles. The van der Waals surface area contributed by atoms with Crippen LogP contribution in [0.5, 0.6) is 23.0 Å². The van der Waals surface area contributed by atoms with Crippen molar-refractivity contribution in [2.45, 2.75) is 13.5 Å². The van der Waals surface area contributed by atoms with Gasteiger partial charge in [0.1, 0.15) is 6.61 Å². The lowest BCUT2D eigenvalue weighted by molar-refractivity contribution is 0.298. The van der Waals surface area contributed by atoms with Gasteiger partial charge in [-0.3, -0.25) is 0 Å². The van der Waals surface area contributed by atoms with Crippen molar-refractivity contribution >= 4 is 22.1 Å². The minimum Gasteiger partial charge on any atom is -0.493 e. The molecule has 0 fully saturated rings. The van der Waals surface area contributed by atoms with Gasteiger partial charge >= 0.3 is 0 Å². The van der Waals surface area contributed by atoms with Gasteiger partial charge in [-0.1, -0.05) is 12.0 Å². The lowest BCUT2D eigenvalue weighted by Crippen LogP contribution is -2.06. The fourth-order valence-electron chi connectivity index (χ4n) is 2.43. The molecule has 0 atom stereocenters. The van der Waals surface area contributed by atoms with E-state index in [-0.39, 0.29) is 6.61 Å². The molecular formula is C21H23BrN2O4. The van der Waals surface area contributed by atoms with Gasteiger partial charge in [-0.2, -0.15) is 5.10 Å². The summed E-state index contributed by atoms with van der Waals surface area (Å²) in [4.78, 5) is 0. The van der Waals surface area contributed by atoms with Crippen molar-refractivity contribution in [1.82, 2.24) is 5.43 Å². The zero-order valence-corrected chi connectivity index (χ0v) is 17.7. The summed E-state index contributed by atoms with van der Waals surface area (Å²) in [6.07, 6.45) is 6.98. The predicted octanol–water partition coefficient (Wildman–Crippen LogP) is 4.00. The molecule has 148 valence electrons. The van der Waals surface area contributed by atoms with Crippen molar-refractivity contribution in [2.24, 2.45) is 5.10 Å². The molecule has 6 nitrogen and oxygen atoms in total. The fraction of sp³-hybridized carbons (Fsp3) is 0.286. The topological polar surface area (TPSA) is 61.3 Å². The molecule has 0 amide bonds. The molecule has 28 heavy (non-hydrogen) atoms. The zero-order valence-electron chi connectivity index (χ0n) is 16.1. The molecule has 0 heterocycles. The maximum Gasteiger partial charge on any atom is 0.176 e. The van der Waals surface area contributed by atoms with Gasteiger partial charge in [-0.15, -0.1) is 6.42 Å². The second kappa shape index (κ2) is 11.1. The van der Waals surface area contributed by atoms with Crippen LogP contribution in [0.25, 0.3) is 0 Å². The minimum absolute atomic E-state index is 0.166. The molecule has 0 saturated heterocycles. The SMILES string of the molecule is C#CCOc1c(Br)cc(/C=N\NCc2ccc(OC)c(OC)c2)cc1OCC. The first-order valence-corrected chi connectivity index (χ1v) is 9.41. The van der Waals surface area contributed by atoms with Crippen molar-refractivity contribution in [2.75, 3.05) is 27.4 Å². The number of hydrogen-bond donors (Lipinski definition) is 1. The van der Waals surface area contributed by atoms with Gasteiger partial charge in [0.05, 0.1) is 38.1 Å². The van der Waals surface area contributed by atoms with Crippen molar-refractivity contribution in [3.63, 3.8) is 0 Å². The first-order chi connectivity index (χ1) is 13.6. The lowest BCUT2D eigenvalue weighted by Gasteiger charge is -2.13. The molecule has 0 radical (unpaired) electrons. The molecule has 0 unspecified atom stereocenters. The average molecular weight is 447 g/mol. The number of rotatable bonds is 10. The van der Waals surface area contributed by atoms with E-state index in [1.165, 1.54) is 0 Å². The van der Waals surface area contributed by atoms with Crippen molar-refractivity contribution in [1.29, 1.82) is 0 Å². The van der Waals surface area contributed by atoms with Crippen LogP contribution >= 0.6 is 15.9 Å². The van der Waals surface area contributed by atoms with Crippen LogP contribution in [0.3, 0.4) is 0 Å². The van der Waals surface area contributed by atoms with Gasteiger partial charge < -0.3 is 24.4 Å². The molecule has 0 aliphatic carbocycles. The number of nitrogens with one attached hydrogen (secondary N) is 1. The van der Waals surface area contributed by atoms with Gasteiger partial charge in [-0.05, 0) is 58.2 Å². The monoisotopic (exact) mass is 446 g/mol.